The maximum Gasteiger partial charge on any atom is 0.108 e. The van der Waals surface area contributed by atoms with Crippen LogP contribution in [0.25, 0.3) is 0 Å². The number of aromatic nitrogens is 2. The molecule has 0 aliphatic carbocycles. The van der Waals surface area contributed by atoms with E-state index in [0.717, 1.165) is 18.5 Å². The topological polar surface area (TPSA) is 47.3 Å². The Hall–Kier alpha value is -0.870. The number of rotatable bonds is 5. The first kappa shape index (κ1) is 11.2. The second-order valence-electron chi connectivity index (χ2n) is 3.26. The maximum absolute atomic E-state index is 9.91. The first-order valence-corrected chi connectivity index (χ1v) is 4.96. The van der Waals surface area contributed by atoms with Crippen LogP contribution in [0.4, 0.5) is 0 Å². The summed E-state index contributed by atoms with van der Waals surface area (Å²) in [6, 6.07) is 0. The number of aliphatic hydroxyl groups excluding tert-OH is 1. The molecule has 1 N–H and O–H groups in total. The molecule has 1 aromatic heterocycles. The molecular formula is C10H18N2O2. The summed E-state index contributed by atoms with van der Waals surface area (Å²) in [5.74, 6) is 0. The average molecular weight is 198 g/mol. The normalized spacial score (nSPS) is 15.4. The third kappa shape index (κ3) is 2.33. The van der Waals surface area contributed by atoms with Gasteiger partial charge >= 0.3 is 0 Å². The molecule has 0 saturated carbocycles. The Morgan fingerprint density at radius 2 is 2.29 bits per heavy atom. The van der Waals surface area contributed by atoms with E-state index in [1.807, 2.05) is 20.0 Å². The van der Waals surface area contributed by atoms with E-state index in [4.69, 9.17) is 4.74 Å². The van der Waals surface area contributed by atoms with E-state index in [9.17, 15) is 5.11 Å². The highest BCUT2D eigenvalue weighted by molar-refractivity contribution is 5.09. The fourth-order valence-electron chi connectivity index (χ4n) is 1.44. The van der Waals surface area contributed by atoms with Gasteiger partial charge in [0.2, 0.25) is 0 Å². The summed E-state index contributed by atoms with van der Waals surface area (Å²) >= 11 is 0. The van der Waals surface area contributed by atoms with Gasteiger partial charge in [-0.3, -0.25) is 4.68 Å². The number of hydrogen-bond acceptors (Lipinski definition) is 3. The molecule has 0 radical (unpaired) electrons. The third-order valence-electron chi connectivity index (χ3n) is 2.38. The standard InChI is InChI=1S/C10H18N2O2/c1-4-9(14-3)10(13)8-6-11-12(5-2)7-8/h6-7,9-10,13H,4-5H2,1-3H3. The highest BCUT2D eigenvalue weighted by atomic mass is 16.5. The fraction of sp³-hybridized carbons (Fsp3) is 0.700. The molecule has 0 fully saturated rings. The zero-order valence-corrected chi connectivity index (χ0v) is 8.97. The molecule has 0 amide bonds. The molecule has 1 aromatic rings. The van der Waals surface area contributed by atoms with E-state index in [-0.39, 0.29) is 6.10 Å². The van der Waals surface area contributed by atoms with Crippen molar-refractivity contribution in [1.29, 1.82) is 0 Å². The minimum absolute atomic E-state index is 0.149. The van der Waals surface area contributed by atoms with E-state index in [0.29, 0.717) is 0 Å². The summed E-state index contributed by atoms with van der Waals surface area (Å²) in [4.78, 5) is 0. The number of ether oxygens (including phenoxy) is 1. The van der Waals surface area contributed by atoms with Gasteiger partial charge in [0, 0.05) is 25.4 Å². The summed E-state index contributed by atoms with van der Waals surface area (Å²) in [5.41, 5.74) is 0.820. The lowest BCUT2D eigenvalue weighted by atomic mass is 10.1. The van der Waals surface area contributed by atoms with E-state index in [2.05, 4.69) is 5.10 Å². The minimum Gasteiger partial charge on any atom is -0.386 e. The Morgan fingerprint density at radius 3 is 2.71 bits per heavy atom. The number of nitrogens with zero attached hydrogens (tertiary/aromatic N) is 2. The van der Waals surface area contributed by atoms with Crippen LogP contribution in [0.15, 0.2) is 12.4 Å². The van der Waals surface area contributed by atoms with Gasteiger partial charge < -0.3 is 9.84 Å². The van der Waals surface area contributed by atoms with Crippen LogP contribution >= 0.6 is 0 Å². The first-order chi connectivity index (χ1) is 6.72. The first-order valence-electron chi connectivity index (χ1n) is 4.96. The molecule has 4 nitrogen and oxygen atoms in total. The SMILES string of the molecule is CCC(OC)C(O)c1cnn(CC)c1. The summed E-state index contributed by atoms with van der Waals surface area (Å²) in [6.45, 7) is 4.81. The van der Waals surface area contributed by atoms with Gasteiger partial charge in [0.1, 0.15) is 6.10 Å². The highest BCUT2D eigenvalue weighted by Crippen LogP contribution is 2.20. The van der Waals surface area contributed by atoms with Crippen LogP contribution in [0, 0.1) is 0 Å². The monoisotopic (exact) mass is 198 g/mol. The molecule has 2 unspecified atom stereocenters. The number of aryl methyl sites for hydroxylation is 1. The number of aliphatic hydroxyl groups is 1. The molecule has 0 saturated heterocycles. The van der Waals surface area contributed by atoms with Crippen LogP contribution in [0.3, 0.4) is 0 Å². The Bertz CT molecular complexity index is 269. The van der Waals surface area contributed by atoms with Gasteiger partial charge in [-0.2, -0.15) is 5.10 Å². The van der Waals surface area contributed by atoms with Crippen molar-refractivity contribution in [3.8, 4) is 0 Å². The lowest BCUT2D eigenvalue weighted by molar-refractivity contribution is -0.0149. The Kier molecular flexibility index (Phi) is 4.10. The van der Waals surface area contributed by atoms with Crippen LogP contribution < -0.4 is 0 Å². The lowest BCUT2D eigenvalue weighted by Crippen LogP contribution is -2.19. The van der Waals surface area contributed by atoms with Gasteiger partial charge in [0.05, 0.1) is 12.3 Å². The maximum atomic E-state index is 9.91. The zero-order chi connectivity index (χ0) is 10.6. The fourth-order valence-corrected chi connectivity index (χ4v) is 1.44. The van der Waals surface area contributed by atoms with Crippen LogP contribution in [0.2, 0.25) is 0 Å². The van der Waals surface area contributed by atoms with Crippen molar-refractivity contribution < 1.29 is 9.84 Å². The van der Waals surface area contributed by atoms with Crippen LogP contribution in [0.5, 0.6) is 0 Å². The zero-order valence-electron chi connectivity index (χ0n) is 8.97. The number of hydrogen-bond donors (Lipinski definition) is 1. The quantitative estimate of drug-likeness (QED) is 0.777. The summed E-state index contributed by atoms with van der Waals surface area (Å²) in [7, 11) is 1.61. The summed E-state index contributed by atoms with van der Waals surface area (Å²) in [6.07, 6.45) is 3.60. The van der Waals surface area contributed by atoms with Crippen molar-refractivity contribution in [3.63, 3.8) is 0 Å². The van der Waals surface area contributed by atoms with Gasteiger partial charge in [-0.25, -0.2) is 0 Å². The predicted molar refractivity (Wildman–Crippen MR) is 53.9 cm³/mol. The van der Waals surface area contributed by atoms with E-state index >= 15 is 0 Å². The van der Waals surface area contributed by atoms with Crippen molar-refractivity contribution in [3.05, 3.63) is 18.0 Å². The molecule has 2 atom stereocenters. The highest BCUT2D eigenvalue weighted by Gasteiger charge is 2.19. The van der Waals surface area contributed by atoms with Crippen molar-refractivity contribution >= 4 is 0 Å². The predicted octanol–water partition coefficient (Wildman–Crippen LogP) is 1.36. The lowest BCUT2D eigenvalue weighted by Gasteiger charge is -2.18. The summed E-state index contributed by atoms with van der Waals surface area (Å²) < 4.78 is 6.96. The second kappa shape index (κ2) is 5.12. The smallest absolute Gasteiger partial charge is 0.108 e. The third-order valence-corrected chi connectivity index (χ3v) is 2.38. The largest absolute Gasteiger partial charge is 0.386 e. The second-order valence-corrected chi connectivity index (χ2v) is 3.26. The van der Waals surface area contributed by atoms with Crippen molar-refractivity contribution in [2.45, 2.75) is 39.0 Å². The molecular weight excluding hydrogens is 180 g/mol. The minimum atomic E-state index is -0.578. The summed E-state index contributed by atoms with van der Waals surface area (Å²) in [5, 5.41) is 14.0. The molecule has 4 heteroatoms. The van der Waals surface area contributed by atoms with Crippen molar-refractivity contribution in [1.82, 2.24) is 9.78 Å². The number of methoxy groups -OCH3 is 1. The van der Waals surface area contributed by atoms with E-state index in [1.165, 1.54) is 0 Å². The van der Waals surface area contributed by atoms with Crippen LogP contribution in [-0.4, -0.2) is 28.1 Å². The van der Waals surface area contributed by atoms with Gasteiger partial charge in [0.15, 0.2) is 0 Å². The molecule has 80 valence electrons. The van der Waals surface area contributed by atoms with Crippen molar-refractivity contribution in [2.24, 2.45) is 0 Å². The van der Waals surface area contributed by atoms with Crippen molar-refractivity contribution in [2.75, 3.05) is 7.11 Å². The van der Waals surface area contributed by atoms with Gasteiger partial charge in [-0.05, 0) is 13.3 Å². The Morgan fingerprint density at radius 1 is 1.57 bits per heavy atom. The average Bonchev–Trinajstić information content (AvgIpc) is 2.67. The van der Waals surface area contributed by atoms with E-state index in [1.54, 1.807) is 18.0 Å². The van der Waals surface area contributed by atoms with Gasteiger partial charge in [-0.15, -0.1) is 0 Å². The van der Waals surface area contributed by atoms with E-state index < -0.39 is 6.10 Å². The Balaban J connectivity index is 2.72. The molecule has 14 heavy (non-hydrogen) atoms. The molecule has 0 spiro atoms. The van der Waals surface area contributed by atoms with Gasteiger partial charge in [0.25, 0.3) is 0 Å². The molecule has 0 aliphatic heterocycles. The molecule has 0 bridgehead atoms. The van der Waals surface area contributed by atoms with Crippen LogP contribution in [-0.2, 0) is 11.3 Å². The van der Waals surface area contributed by atoms with Gasteiger partial charge in [-0.1, -0.05) is 6.92 Å². The van der Waals surface area contributed by atoms with Crippen LogP contribution in [0.1, 0.15) is 31.9 Å². The molecule has 0 aliphatic rings. The molecule has 0 aromatic carbocycles. The molecule has 1 heterocycles. The molecule has 1 rings (SSSR count). The Labute approximate surface area is 84.5 Å².